The van der Waals surface area contributed by atoms with Crippen molar-refractivity contribution < 1.29 is 33.8 Å². The molecule has 0 heterocycles. The first-order valence-electron chi connectivity index (χ1n) is 9.27. The van der Waals surface area contributed by atoms with E-state index in [1.165, 1.54) is 0 Å². The van der Waals surface area contributed by atoms with Crippen molar-refractivity contribution in [1.29, 1.82) is 0 Å². The van der Waals surface area contributed by atoms with Gasteiger partial charge >= 0.3 is 17.9 Å². The summed E-state index contributed by atoms with van der Waals surface area (Å²) in [5, 5.41) is 9.13. The highest BCUT2D eigenvalue weighted by atomic mass is 16.6. The average Bonchev–Trinajstić information content (AvgIpc) is 2.68. The number of rotatable bonds is 12. The molecule has 0 fully saturated rings. The Bertz CT molecular complexity index is 660. The molecule has 1 atom stereocenters. The van der Waals surface area contributed by atoms with Crippen LogP contribution in [0.1, 0.15) is 49.9 Å². The quantitative estimate of drug-likeness (QED) is 0.429. The fourth-order valence-electron chi connectivity index (χ4n) is 2.56. The number of carboxylic acid groups (broad SMARTS) is 1. The third-order valence-electron chi connectivity index (χ3n) is 4.00. The number of benzene rings is 1. The van der Waals surface area contributed by atoms with Crippen LogP contribution in [-0.4, -0.2) is 53.7 Å². The molecule has 0 aromatic heterocycles. The van der Waals surface area contributed by atoms with Gasteiger partial charge in [0, 0.05) is 12.0 Å². The Hall–Kier alpha value is -2.90. The van der Waals surface area contributed by atoms with E-state index < -0.39 is 36.5 Å². The van der Waals surface area contributed by atoms with Gasteiger partial charge in [0.2, 0.25) is 0 Å². The van der Waals surface area contributed by atoms with E-state index in [1.807, 2.05) is 6.92 Å². The number of carboxylic acids is 1. The Labute approximate surface area is 164 Å². The zero-order chi connectivity index (χ0) is 20.9. The maximum absolute atomic E-state index is 12.6. The lowest BCUT2D eigenvalue weighted by Gasteiger charge is -2.21. The van der Waals surface area contributed by atoms with Crippen LogP contribution in [0, 0.1) is 5.92 Å². The summed E-state index contributed by atoms with van der Waals surface area (Å²) in [7, 11) is 0. The molecule has 0 bridgehead atoms. The van der Waals surface area contributed by atoms with E-state index in [0.29, 0.717) is 18.4 Å². The van der Waals surface area contributed by atoms with E-state index in [-0.39, 0.29) is 26.0 Å². The van der Waals surface area contributed by atoms with Gasteiger partial charge in [-0.2, -0.15) is 0 Å². The molecule has 0 saturated carbocycles. The fraction of sp³-hybridized carbons (Fsp3) is 0.500. The Balaban J connectivity index is 2.67. The lowest BCUT2D eigenvalue weighted by molar-refractivity contribution is -0.153. The van der Waals surface area contributed by atoms with Crippen LogP contribution in [0.25, 0.3) is 0 Å². The average molecular weight is 393 g/mol. The third kappa shape index (κ3) is 8.20. The van der Waals surface area contributed by atoms with Crippen molar-refractivity contribution in [1.82, 2.24) is 4.90 Å². The standard InChI is InChI=1S/C20H27NO7/c1-3-8-16(20(25)26)11-12-17(22)28-14-21(13-18(23)27-4-2)19(24)15-9-6-5-7-10-15/h5-7,9-10,16H,3-4,8,11-14H2,1-2H3,(H,25,26). The van der Waals surface area contributed by atoms with Crippen molar-refractivity contribution in [3.05, 3.63) is 35.9 Å². The molecule has 1 rings (SSSR count). The van der Waals surface area contributed by atoms with Crippen LogP contribution in [0.4, 0.5) is 0 Å². The molecule has 28 heavy (non-hydrogen) atoms. The summed E-state index contributed by atoms with van der Waals surface area (Å²) in [4.78, 5) is 48.6. The van der Waals surface area contributed by atoms with E-state index in [4.69, 9.17) is 14.6 Å². The predicted octanol–water partition coefficient (Wildman–Crippen LogP) is 2.47. The van der Waals surface area contributed by atoms with E-state index >= 15 is 0 Å². The van der Waals surface area contributed by atoms with E-state index in [0.717, 1.165) is 4.90 Å². The Morgan fingerprint density at radius 3 is 2.25 bits per heavy atom. The molecule has 1 N–H and O–H groups in total. The Kier molecular flexibility index (Phi) is 10.3. The maximum Gasteiger partial charge on any atom is 0.325 e. The summed E-state index contributed by atoms with van der Waals surface area (Å²) in [5.74, 6) is -3.28. The lowest BCUT2D eigenvalue weighted by atomic mass is 9.98. The molecule has 8 heteroatoms. The molecule has 0 aliphatic rings. The van der Waals surface area contributed by atoms with Gasteiger partial charge in [-0.05, 0) is 31.9 Å². The predicted molar refractivity (Wildman–Crippen MR) is 100 cm³/mol. The molecule has 154 valence electrons. The van der Waals surface area contributed by atoms with Crippen LogP contribution >= 0.6 is 0 Å². The van der Waals surface area contributed by atoms with Crippen LogP contribution in [0.5, 0.6) is 0 Å². The first-order valence-corrected chi connectivity index (χ1v) is 9.27. The number of ether oxygens (including phenoxy) is 2. The molecular weight excluding hydrogens is 366 g/mol. The Morgan fingerprint density at radius 1 is 1.00 bits per heavy atom. The van der Waals surface area contributed by atoms with Crippen LogP contribution < -0.4 is 0 Å². The Morgan fingerprint density at radius 2 is 1.68 bits per heavy atom. The monoisotopic (exact) mass is 393 g/mol. The molecule has 1 amide bonds. The third-order valence-corrected chi connectivity index (χ3v) is 4.00. The normalized spacial score (nSPS) is 11.4. The van der Waals surface area contributed by atoms with Gasteiger partial charge in [-0.15, -0.1) is 0 Å². The summed E-state index contributed by atoms with van der Waals surface area (Å²) in [6.07, 6.45) is 1.26. The van der Waals surface area contributed by atoms with Crippen LogP contribution in [0.2, 0.25) is 0 Å². The molecule has 1 aromatic rings. The molecule has 0 saturated heterocycles. The second kappa shape index (κ2) is 12.5. The largest absolute Gasteiger partial charge is 0.481 e. The highest BCUT2D eigenvalue weighted by Gasteiger charge is 2.22. The van der Waals surface area contributed by atoms with E-state index in [1.54, 1.807) is 37.3 Å². The maximum atomic E-state index is 12.6. The zero-order valence-corrected chi connectivity index (χ0v) is 16.3. The van der Waals surface area contributed by atoms with Gasteiger partial charge in [0.25, 0.3) is 5.91 Å². The summed E-state index contributed by atoms with van der Waals surface area (Å²) < 4.78 is 9.96. The number of carbonyl (C=O) groups is 4. The highest BCUT2D eigenvalue weighted by Crippen LogP contribution is 2.14. The highest BCUT2D eigenvalue weighted by molar-refractivity contribution is 5.96. The minimum absolute atomic E-state index is 0.0796. The molecule has 0 spiro atoms. The summed E-state index contributed by atoms with van der Waals surface area (Å²) >= 11 is 0. The van der Waals surface area contributed by atoms with Crippen molar-refractivity contribution in [2.24, 2.45) is 5.92 Å². The molecule has 1 unspecified atom stereocenters. The van der Waals surface area contributed by atoms with Crippen LogP contribution in [0.15, 0.2) is 30.3 Å². The molecule has 8 nitrogen and oxygen atoms in total. The number of carbonyl (C=O) groups excluding carboxylic acids is 3. The van der Waals surface area contributed by atoms with Crippen molar-refractivity contribution in [3.63, 3.8) is 0 Å². The van der Waals surface area contributed by atoms with Crippen molar-refractivity contribution in [2.75, 3.05) is 19.9 Å². The molecule has 1 aromatic carbocycles. The van der Waals surface area contributed by atoms with Crippen molar-refractivity contribution >= 4 is 23.8 Å². The van der Waals surface area contributed by atoms with Crippen LogP contribution in [-0.2, 0) is 23.9 Å². The van der Waals surface area contributed by atoms with E-state index in [2.05, 4.69) is 0 Å². The van der Waals surface area contributed by atoms with Gasteiger partial charge in [0.1, 0.15) is 6.54 Å². The summed E-state index contributed by atoms with van der Waals surface area (Å²) in [6.45, 7) is 2.91. The smallest absolute Gasteiger partial charge is 0.325 e. The van der Waals surface area contributed by atoms with Crippen LogP contribution in [0.3, 0.4) is 0 Å². The van der Waals surface area contributed by atoms with Gasteiger partial charge in [-0.3, -0.25) is 24.1 Å². The minimum Gasteiger partial charge on any atom is -0.481 e. The summed E-state index contributed by atoms with van der Waals surface area (Å²) in [5.41, 5.74) is 0.344. The molecule has 0 aliphatic heterocycles. The van der Waals surface area contributed by atoms with E-state index in [9.17, 15) is 19.2 Å². The second-order valence-electron chi connectivity index (χ2n) is 6.18. The molecule has 0 radical (unpaired) electrons. The first-order chi connectivity index (χ1) is 13.4. The molecule has 0 aliphatic carbocycles. The number of esters is 2. The minimum atomic E-state index is -0.946. The fourth-order valence-corrected chi connectivity index (χ4v) is 2.56. The topological polar surface area (TPSA) is 110 Å². The van der Waals surface area contributed by atoms with Crippen molar-refractivity contribution in [2.45, 2.75) is 39.5 Å². The lowest BCUT2D eigenvalue weighted by Crippen LogP contribution is -2.39. The number of amides is 1. The number of hydrogen-bond donors (Lipinski definition) is 1. The molecular formula is C20H27NO7. The van der Waals surface area contributed by atoms with Gasteiger partial charge in [-0.1, -0.05) is 31.5 Å². The second-order valence-corrected chi connectivity index (χ2v) is 6.18. The van der Waals surface area contributed by atoms with Gasteiger partial charge in [-0.25, -0.2) is 0 Å². The number of nitrogens with zero attached hydrogens (tertiary/aromatic N) is 1. The van der Waals surface area contributed by atoms with Gasteiger partial charge < -0.3 is 14.6 Å². The SMILES string of the molecule is CCCC(CCC(=O)OCN(CC(=O)OCC)C(=O)c1ccccc1)C(=O)O. The number of hydrogen-bond acceptors (Lipinski definition) is 6. The first kappa shape index (κ1) is 23.1. The number of aliphatic carboxylic acids is 1. The van der Waals surface area contributed by atoms with Gasteiger partial charge in [0.05, 0.1) is 12.5 Å². The van der Waals surface area contributed by atoms with Crippen molar-refractivity contribution in [3.8, 4) is 0 Å². The van der Waals surface area contributed by atoms with Gasteiger partial charge in [0.15, 0.2) is 6.73 Å². The summed E-state index contributed by atoms with van der Waals surface area (Å²) in [6, 6.07) is 8.29. The zero-order valence-electron chi connectivity index (χ0n) is 16.3.